The summed E-state index contributed by atoms with van der Waals surface area (Å²) in [5.74, 6) is -1.71. The number of nitrogens with one attached hydrogen (secondary N) is 1. The second kappa shape index (κ2) is 5.00. The van der Waals surface area contributed by atoms with Gasteiger partial charge in [0.25, 0.3) is 5.91 Å². The van der Waals surface area contributed by atoms with Crippen LogP contribution in [0.1, 0.15) is 20.8 Å². The summed E-state index contributed by atoms with van der Waals surface area (Å²) >= 11 is 0. The Labute approximate surface area is 102 Å². The Kier molecular flexibility index (Phi) is 3.24. The zero-order chi connectivity index (χ0) is 13.0. The van der Waals surface area contributed by atoms with E-state index in [1.54, 1.807) is 0 Å². The molecule has 0 aliphatic heterocycles. The molecule has 1 amide bonds. The fourth-order valence-corrected chi connectivity index (χ4v) is 1.29. The Morgan fingerprint density at radius 3 is 2.61 bits per heavy atom. The third-order valence-electron chi connectivity index (χ3n) is 2.08. The van der Waals surface area contributed by atoms with E-state index in [2.05, 4.69) is 20.3 Å². The minimum atomic E-state index is -1.21. The molecule has 0 atom stereocenters. The third kappa shape index (κ3) is 2.46. The van der Waals surface area contributed by atoms with Gasteiger partial charge in [-0.05, 0) is 12.1 Å². The SMILES string of the molecule is O=C(Nc1cccnc1C(=O)O)c1cncnc1. The predicted molar refractivity (Wildman–Crippen MR) is 61.2 cm³/mol. The van der Waals surface area contributed by atoms with Crippen molar-refractivity contribution in [1.82, 2.24) is 15.0 Å². The summed E-state index contributed by atoms with van der Waals surface area (Å²) in [5, 5.41) is 11.4. The van der Waals surface area contributed by atoms with Gasteiger partial charge in [-0.2, -0.15) is 0 Å². The summed E-state index contributed by atoms with van der Waals surface area (Å²) in [6.07, 6.45) is 5.30. The number of aromatic nitrogens is 3. The molecule has 0 unspecified atom stereocenters. The number of rotatable bonds is 3. The van der Waals surface area contributed by atoms with Gasteiger partial charge in [-0.15, -0.1) is 0 Å². The van der Waals surface area contributed by atoms with Gasteiger partial charge in [0.1, 0.15) is 6.33 Å². The quantitative estimate of drug-likeness (QED) is 0.828. The first kappa shape index (κ1) is 11.6. The average molecular weight is 244 g/mol. The number of hydrogen-bond donors (Lipinski definition) is 2. The lowest BCUT2D eigenvalue weighted by atomic mass is 10.2. The molecule has 0 bridgehead atoms. The molecule has 0 aliphatic carbocycles. The van der Waals surface area contributed by atoms with Gasteiger partial charge >= 0.3 is 5.97 Å². The van der Waals surface area contributed by atoms with Crippen LogP contribution in [0.25, 0.3) is 0 Å². The van der Waals surface area contributed by atoms with Crippen LogP contribution in [0.2, 0.25) is 0 Å². The lowest BCUT2D eigenvalue weighted by Gasteiger charge is -2.06. The first-order valence-electron chi connectivity index (χ1n) is 4.93. The minimum absolute atomic E-state index is 0.124. The van der Waals surface area contributed by atoms with E-state index in [0.717, 1.165) is 0 Å². The molecule has 0 fully saturated rings. The summed E-state index contributed by atoms with van der Waals surface area (Å²) in [5.41, 5.74) is 0.138. The van der Waals surface area contributed by atoms with Crippen molar-refractivity contribution in [3.8, 4) is 0 Å². The summed E-state index contributed by atoms with van der Waals surface area (Å²) < 4.78 is 0. The topological polar surface area (TPSA) is 105 Å². The largest absolute Gasteiger partial charge is 0.476 e. The molecule has 2 heterocycles. The van der Waals surface area contributed by atoms with Crippen LogP contribution in [0.4, 0.5) is 5.69 Å². The normalized spacial score (nSPS) is 9.78. The molecule has 90 valence electrons. The molecular formula is C11H8N4O3. The van der Waals surface area contributed by atoms with E-state index in [4.69, 9.17) is 5.11 Å². The molecule has 0 aromatic carbocycles. The summed E-state index contributed by atoms with van der Waals surface area (Å²) in [6.45, 7) is 0. The van der Waals surface area contributed by atoms with Gasteiger partial charge in [0, 0.05) is 18.6 Å². The first-order chi connectivity index (χ1) is 8.68. The highest BCUT2D eigenvalue weighted by atomic mass is 16.4. The number of aromatic carboxylic acids is 1. The zero-order valence-corrected chi connectivity index (χ0v) is 9.07. The molecule has 0 saturated heterocycles. The van der Waals surface area contributed by atoms with Crippen LogP contribution in [0.15, 0.2) is 37.1 Å². The molecule has 7 heteroatoms. The van der Waals surface area contributed by atoms with Gasteiger partial charge in [0.2, 0.25) is 0 Å². The lowest BCUT2D eigenvalue weighted by molar-refractivity contribution is 0.0692. The Morgan fingerprint density at radius 2 is 1.94 bits per heavy atom. The average Bonchev–Trinajstić information content (AvgIpc) is 2.40. The fraction of sp³-hybridized carbons (Fsp3) is 0. The molecule has 0 radical (unpaired) electrons. The van der Waals surface area contributed by atoms with Crippen molar-refractivity contribution in [3.05, 3.63) is 48.3 Å². The van der Waals surface area contributed by atoms with Crippen LogP contribution in [0.3, 0.4) is 0 Å². The number of carboxylic acid groups (broad SMARTS) is 1. The number of pyridine rings is 1. The zero-order valence-electron chi connectivity index (χ0n) is 9.07. The van der Waals surface area contributed by atoms with Crippen molar-refractivity contribution >= 4 is 17.6 Å². The van der Waals surface area contributed by atoms with Crippen LogP contribution >= 0.6 is 0 Å². The highest BCUT2D eigenvalue weighted by Crippen LogP contribution is 2.13. The number of hydrogen-bond acceptors (Lipinski definition) is 5. The number of amides is 1. The molecule has 2 N–H and O–H groups in total. The highest BCUT2D eigenvalue weighted by molar-refractivity contribution is 6.06. The number of carbonyl (C=O) groups excluding carboxylic acids is 1. The monoisotopic (exact) mass is 244 g/mol. The van der Waals surface area contributed by atoms with E-state index >= 15 is 0 Å². The molecular weight excluding hydrogens is 236 g/mol. The molecule has 7 nitrogen and oxygen atoms in total. The standard InChI is InChI=1S/C11H8N4O3/c16-10(7-4-12-6-13-5-7)15-8-2-1-3-14-9(8)11(17)18/h1-6H,(H,15,16)(H,17,18). The molecule has 0 aliphatic rings. The van der Waals surface area contributed by atoms with Crippen molar-refractivity contribution in [3.63, 3.8) is 0 Å². The van der Waals surface area contributed by atoms with Crippen LogP contribution < -0.4 is 5.32 Å². The Morgan fingerprint density at radius 1 is 1.22 bits per heavy atom. The number of carboxylic acids is 1. The molecule has 0 saturated carbocycles. The molecule has 0 spiro atoms. The van der Waals surface area contributed by atoms with Gasteiger partial charge in [0.15, 0.2) is 5.69 Å². The van der Waals surface area contributed by atoms with Crippen LogP contribution in [-0.2, 0) is 0 Å². The summed E-state index contributed by atoms with van der Waals surface area (Å²) in [4.78, 5) is 33.8. The van der Waals surface area contributed by atoms with E-state index in [1.165, 1.54) is 37.1 Å². The third-order valence-corrected chi connectivity index (χ3v) is 2.08. The maximum absolute atomic E-state index is 11.8. The Bertz CT molecular complexity index is 586. The van der Waals surface area contributed by atoms with Gasteiger partial charge in [-0.1, -0.05) is 0 Å². The second-order valence-corrected chi connectivity index (χ2v) is 3.29. The van der Waals surface area contributed by atoms with Gasteiger partial charge in [0.05, 0.1) is 11.3 Å². The number of nitrogens with zero attached hydrogens (tertiary/aromatic N) is 3. The lowest BCUT2D eigenvalue weighted by Crippen LogP contribution is -2.16. The van der Waals surface area contributed by atoms with Gasteiger partial charge < -0.3 is 10.4 Å². The van der Waals surface area contributed by atoms with E-state index in [1.807, 2.05) is 0 Å². The van der Waals surface area contributed by atoms with E-state index < -0.39 is 11.9 Å². The molecule has 2 aromatic rings. The van der Waals surface area contributed by atoms with E-state index in [9.17, 15) is 9.59 Å². The summed E-state index contributed by atoms with van der Waals surface area (Å²) in [6, 6.07) is 2.99. The van der Waals surface area contributed by atoms with E-state index in [-0.39, 0.29) is 16.9 Å². The Hall–Kier alpha value is -2.83. The van der Waals surface area contributed by atoms with Crippen molar-refractivity contribution < 1.29 is 14.7 Å². The molecule has 18 heavy (non-hydrogen) atoms. The second-order valence-electron chi connectivity index (χ2n) is 3.29. The van der Waals surface area contributed by atoms with Crippen molar-refractivity contribution in [2.45, 2.75) is 0 Å². The fourth-order valence-electron chi connectivity index (χ4n) is 1.29. The van der Waals surface area contributed by atoms with Crippen LogP contribution in [-0.4, -0.2) is 31.9 Å². The smallest absolute Gasteiger partial charge is 0.356 e. The van der Waals surface area contributed by atoms with Gasteiger partial charge in [-0.25, -0.2) is 19.7 Å². The molecule has 2 aromatic heterocycles. The first-order valence-corrected chi connectivity index (χ1v) is 4.93. The maximum Gasteiger partial charge on any atom is 0.356 e. The van der Waals surface area contributed by atoms with Crippen LogP contribution in [0, 0.1) is 0 Å². The van der Waals surface area contributed by atoms with Crippen molar-refractivity contribution in [2.75, 3.05) is 5.32 Å². The minimum Gasteiger partial charge on any atom is -0.476 e. The van der Waals surface area contributed by atoms with Crippen molar-refractivity contribution in [2.24, 2.45) is 0 Å². The molecule has 2 rings (SSSR count). The van der Waals surface area contributed by atoms with E-state index in [0.29, 0.717) is 0 Å². The number of carbonyl (C=O) groups is 2. The van der Waals surface area contributed by atoms with Gasteiger partial charge in [-0.3, -0.25) is 4.79 Å². The number of anilines is 1. The Balaban J connectivity index is 2.25. The highest BCUT2D eigenvalue weighted by Gasteiger charge is 2.14. The summed E-state index contributed by atoms with van der Waals surface area (Å²) in [7, 11) is 0. The predicted octanol–water partition coefficient (Wildman–Crippen LogP) is 0.822. The van der Waals surface area contributed by atoms with Crippen LogP contribution in [0.5, 0.6) is 0 Å². The van der Waals surface area contributed by atoms with Crippen molar-refractivity contribution in [1.29, 1.82) is 0 Å². The maximum atomic E-state index is 11.8.